The van der Waals surface area contributed by atoms with E-state index in [0.29, 0.717) is 34.9 Å². The van der Waals surface area contributed by atoms with E-state index in [-0.39, 0.29) is 12.8 Å². The van der Waals surface area contributed by atoms with Gasteiger partial charge < -0.3 is 0 Å². The summed E-state index contributed by atoms with van der Waals surface area (Å²) in [5.41, 5.74) is 0.487. The second-order valence-corrected chi connectivity index (χ2v) is 6.26. The molecular weight excluding hydrogens is 324 g/mol. The molecule has 0 bridgehead atoms. The van der Waals surface area contributed by atoms with Gasteiger partial charge in [-0.05, 0) is 36.6 Å². The van der Waals surface area contributed by atoms with Crippen LogP contribution in [0.5, 0.6) is 0 Å². The molecule has 1 aliphatic rings. The molecule has 0 amide bonds. The third-order valence-corrected chi connectivity index (χ3v) is 4.58. The minimum Gasteiger partial charge on any atom is -0.299 e. The standard InChI is InChI=1S/C15H15Cl2F3O/c16-10-5-6-13(17)9(7-10)8-14(21)11-3-1-2-4-12(11)15(18,19)20/h5-7,11-12H,1-4,8H2. The van der Waals surface area contributed by atoms with Crippen LogP contribution in [0.4, 0.5) is 13.2 Å². The Labute approximate surface area is 131 Å². The number of halogens is 5. The average Bonchev–Trinajstić information content (AvgIpc) is 2.42. The molecule has 116 valence electrons. The van der Waals surface area contributed by atoms with E-state index in [4.69, 9.17) is 23.2 Å². The summed E-state index contributed by atoms with van der Waals surface area (Å²) < 4.78 is 39.1. The zero-order valence-electron chi connectivity index (χ0n) is 11.2. The number of alkyl halides is 3. The maximum absolute atomic E-state index is 13.0. The van der Waals surface area contributed by atoms with E-state index < -0.39 is 23.8 Å². The van der Waals surface area contributed by atoms with Crippen molar-refractivity contribution in [1.82, 2.24) is 0 Å². The lowest BCUT2D eigenvalue weighted by atomic mass is 9.75. The predicted molar refractivity (Wildman–Crippen MR) is 76.7 cm³/mol. The third kappa shape index (κ3) is 4.13. The molecule has 2 unspecified atom stereocenters. The van der Waals surface area contributed by atoms with Gasteiger partial charge in [0.2, 0.25) is 0 Å². The molecule has 0 saturated heterocycles. The molecule has 0 aromatic heterocycles. The second-order valence-electron chi connectivity index (χ2n) is 5.42. The Kier molecular flexibility index (Phi) is 5.20. The maximum Gasteiger partial charge on any atom is 0.392 e. The van der Waals surface area contributed by atoms with Crippen molar-refractivity contribution >= 4 is 29.0 Å². The van der Waals surface area contributed by atoms with Crippen LogP contribution in [0.2, 0.25) is 10.0 Å². The molecule has 1 aliphatic carbocycles. The van der Waals surface area contributed by atoms with Crippen molar-refractivity contribution in [1.29, 1.82) is 0 Å². The second kappa shape index (κ2) is 6.57. The first-order chi connectivity index (χ1) is 9.79. The van der Waals surface area contributed by atoms with Crippen LogP contribution in [0.1, 0.15) is 31.2 Å². The Morgan fingerprint density at radius 1 is 1.19 bits per heavy atom. The van der Waals surface area contributed by atoms with E-state index in [0.717, 1.165) is 0 Å². The van der Waals surface area contributed by atoms with Crippen molar-refractivity contribution < 1.29 is 18.0 Å². The fourth-order valence-corrected chi connectivity index (χ4v) is 3.28. The highest BCUT2D eigenvalue weighted by atomic mass is 35.5. The van der Waals surface area contributed by atoms with Gasteiger partial charge in [0, 0.05) is 22.4 Å². The molecule has 1 fully saturated rings. The van der Waals surface area contributed by atoms with E-state index in [1.54, 1.807) is 12.1 Å². The van der Waals surface area contributed by atoms with E-state index in [9.17, 15) is 18.0 Å². The maximum atomic E-state index is 13.0. The van der Waals surface area contributed by atoms with Gasteiger partial charge in [-0.2, -0.15) is 13.2 Å². The lowest BCUT2D eigenvalue weighted by Crippen LogP contribution is -2.37. The first kappa shape index (κ1) is 16.6. The van der Waals surface area contributed by atoms with E-state index in [1.807, 2.05) is 0 Å². The fourth-order valence-electron chi connectivity index (χ4n) is 2.91. The summed E-state index contributed by atoms with van der Waals surface area (Å²) in [6.07, 6.45) is -2.92. The third-order valence-electron chi connectivity index (χ3n) is 3.97. The number of hydrogen-bond acceptors (Lipinski definition) is 1. The predicted octanol–water partition coefficient (Wildman–Crippen LogP) is 5.47. The fraction of sp³-hybridized carbons (Fsp3) is 0.533. The molecule has 0 aliphatic heterocycles. The lowest BCUT2D eigenvalue weighted by Gasteiger charge is -2.32. The molecule has 2 rings (SSSR count). The minimum atomic E-state index is -4.32. The molecule has 0 N–H and O–H groups in total. The summed E-state index contributed by atoms with van der Waals surface area (Å²) in [6, 6.07) is 4.67. The van der Waals surface area contributed by atoms with E-state index in [1.165, 1.54) is 6.07 Å². The van der Waals surface area contributed by atoms with Gasteiger partial charge in [-0.15, -0.1) is 0 Å². The van der Waals surface area contributed by atoms with Gasteiger partial charge in [-0.25, -0.2) is 0 Å². The quantitative estimate of drug-likeness (QED) is 0.713. The van der Waals surface area contributed by atoms with E-state index >= 15 is 0 Å². The summed E-state index contributed by atoms with van der Waals surface area (Å²) in [5, 5.41) is 0.769. The van der Waals surface area contributed by atoms with Gasteiger partial charge in [0.05, 0.1) is 5.92 Å². The average molecular weight is 339 g/mol. The molecule has 1 aromatic carbocycles. The summed E-state index contributed by atoms with van der Waals surface area (Å²) >= 11 is 11.8. The lowest BCUT2D eigenvalue weighted by molar-refractivity contribution is -0.197. The molecule has 1 nitrogen and oxygen atoms in total. The molecule has 1 aromatic rings. The molecular formula is C15H15Cl2F3O. The van der Waals surface area contributed by atoms with Crippen molar-refractivity contribution in [2.24, 2.45) is 11.8 Å². The molecule has 0 spiro atoms. The topological polar surface area (TPSA) is 17.1 Å². The zero-order chi connectivity index (χ0) is 15.6. The van der Waals surface area contributed by atoms with Crippen LogP contribution >= 0.6 is 23.2 Å². The first-order valence-electron chi connectivity index (χ1n) is 6.82. The molecule has 0 radical (unpaired) electrons. The van der Waals surface area contributed by atoms with Gasteiger partial charge in [0.1, 0.15) is 5.78 Å². The summed E-state index contributed by atoms with van der Waals surface area (Å²) in [7, 11) is 0. The highest BCUT2D eigenvalue weighted by Gasteiger charge is 2.47. The highest BCUT2D eigenvalue weighted by Crippen LogP contribution is 2.42. The molecule has 21 heavy (non-hydrogen) atoms. The number of benzene rings is 1. The first-order valence-corrected chi connectivity index (χ1v) is 7.58. The van der Waals surface area contributed by atoms with Gasteiger partial charge in [-0.3, -0.25) is 4.79 Å². The molecule has 0 heterocycles. The number of Topliss-reactive ketones (excluding diaryl/α,β-unsaturated/α-hetero) is 1. The normalized spacial score (nSPS) is 23.1. The van der Waals surface area contributed by atoms with Crippen molar-refractivity contribution in [2.75, 3.05) is 0 Å². The molecule has 1 saturated carbocycles. The Morgan fingerprint density at radius 3 is 2.52 bits per heavy atom. The van der Waals surface area contributed by atoms with Gasteiger partial charge >= 0.3 is 6.18 Å². The number of hydrogen-bond donors (Lipinski definition) is 0. The zero-order valence-corrected chi connectivity index (χ0v) is 12.7. The minimum absolute atomic E-state index is 0.0309. The van der Waals surface area contributed by atoms with E-state index in [2.05, 4.69) is 0 Å². The van der Waals surface area contributed by atoms with Gasteiger partial charge in [0.25, 0.3) is 0 Å². The Bertz CT molecular complexity index is 528. The number of rotatable bonds is 3. The molecule has 2 atom stereocenters. The SMILES string of the molecule is O=C(Cc1cc(Cl)ccc1Cl)C1CCCCC1C(F)(F)F. The van der Waals surface area contributed by atoms with Crippen LogP contribution in [-0.4, -0.2) is 12.0 Å². The van der Waals surface area contributed by atoms with Crippen molar-refractivity contribution in [3.8, 4) is 0 Å². The van der Waals surface area contributed by atoms with Gasteiger partial charge in [0.15, 0.2) is 0 Å². The highest BCUT2D eigenvalue weighted by molar-refractivity contribution is 6.33. The Hall–Kier alpha value is -0.740. The Balaban J connectivity index is 2.16. The van der Waals surface area contributed by atoms with Crippen LogP contribution in [0, 0.1) is 11.8 Å². The van der Waals surface area contributed by atoms with Gasteiger partial charge in [-0.1, -0.05) is 36.0 Å². The largest absolute Gasteiger partial charge is 0.392 e. The monoisotopic (exact) mass is 338 g/mol. The smallest absolute Gasteiger partial charge is 0.299 e. The van der Waals surface area contributed by atoms with Crippen LogP contribution in [0.15, 0.2) is 18.2 Å². The van der Waals surface area contributed by atoms with Crippen LogP contribution in [-0.2, 0) is 11.2 Å². The number of carbonyl (C=O) groups excluding carboxylic acids is 1. The van der Waals surface area contributed by atoms with Crippen LogP contribution in [0.3, 0.4) is 0 Å². The summed E-state index contributed by atoms with van der Waals surface area (Å²) in [6.45, 7) is 0. The number of carbonyl (C=O) groups is 1. The van der Waals surface area contributed by atoms with Crippen molar-refractivity contribution in [2.45, 2.75) is 38.3 Å². The van der Waals surface area contributed by atoms with Crippen LogP contribution in [0.25, 0.3) is 0 Å². The number of ketones is 1. The van der Waals surface area contributed by atoms with Crippen molar-refractivity contribution in [3.63, 3.8) is 0 Å². The van der Waals surface area contributed by atoms with Crippen molar-refractivity contribution in [3.05, 3.63) is 33.8 Å². The Morgan fingerprint density at radius 2 is 1.86 bits per heavy atom. The molecule has 6 heteroatoms. The summed E-state index contributed by atoms with van der Waals surface area (Å²) in [5.74, 6) is -2.90. The summed E-state index contributed by atoms with van der Waals surface area (Å²) in [4.78, 5) is 12.3. The van der Waals surface area contributed by atoms with Crippen LogP contribution < -0.4 is 0 Å².